The molecular weight excluding hydrogens is 418 g/mol. The van der Waals surface area contributed by atoms with Crippen molar-refractivity contribution in [3.05, 3.63) is 77.5 Å². The lowest BCUT2D eigenvalue weighted by Gasteiger charge is -2.28. The quantitative estimate of drug-likeness (QED) is 0.487. The van der Waals surface area contributed by atoms with Gasteiger partial charge in [-0.25, -0.2) is 4.68 Å². The van der Waals surface area contributed by atoms with Crippen LogP contribution in [0.25, 0.3) is 22.2 Å². The number of hydrogen-bond acceptors (Lipinski definition) is 6. The van der Waals surface area contributed by atoms with Gasteiger partial charge in [-0.2, -0.15) is 4.98 Å². The van der Waals surface area contributed by atoms with Crippen molar-refractivity contribution >= 4 is 22.6 Å². The fourth-order valence-corrected chi connectivity index (χ4v) is 4.34. The van der Waals surface area contributed by atoms with Crippen LogP contribution in [0.15, 0.2) is 71.9 Å². The Bertz CT molecular complexity index is 1420. The number of nitrogens with zero attached hydrogens (tertiary/aromatic N) is 3. The Balaban J connectivity index is 1.72. The third-order valence-electron chi connectivity index (χ3n) is 5.88. The van der Waals surface area contributed by atoms with Crippen molar-refractivity contribution in [3.63, 3.8) is 0 Å². The van der Waals surface area contributed by atoms with E-state index in [0.29, 0.717) is 34.5 Å². The smallest absolute Gasteiger partial charge is 0.248 e. The van der Waals surface area contributed by atoms with Crippen molar-refractivity contribution in [2.75, 3.05) is 19.5 Å². The van der Waals surface area contributed by atoms with E-state index in [1.807, 2.05) is 42.5 Å². The number of allylic oxidation sites excluding steroid dienone is 1. The van der Waals surface area contributed by atoms with E-state index in [1.165, 1.54) is 0 Å². The molecular formula is C25H23N5O3. The molecule has 33 heavy (non-hydrogen) atoms. The Morgan fingerprint density at radius 1 is 1.06 bits per heavy atom. The highest BCUT2D eigenvalue weighted by molar-refractivity contribution is 5.97. The number of ether oxygens (including phenoxy) is 2. The van der Waals surface area contributed by atoms with Crippen molar-refractivity contribution in [1.29, 1.82) is 0 Å². The lowest BCUT2D eigenvalue weighted by atomic mass is 9.94. The molecule has 1 atom stereocenters. The van der Waals surface area contributed by atoms with Gasteiger partial charge in [-0.05, 0) is 29.8 Å². The number of amides is 1. The first-order chi connectivity index (χ1) is 16.0. The van der Waals surface area contributed by atoms with Gasteiger partial charge in [-0.15, -0.1) is 5.10 Å². The summed E-state index contributed by atoms with van der Waals surface area (Å²) in [5, 5.41) is 10.2. The number of carbonyl (C=O) groups is 1. The first kappa shape index (κ1) is 20.6. The van der Waals surface area contributed by atoms with Gasteiger partial charge in [0.15, 0.2) is 5.82 Å². The molecule has 166 valence electrons. The molecule has 0 saturated carbocycles. The third-order valence-corrected chi connectivity index (χ3v) is 5.88. The molecule has 1 aliphatic heterocycles. The molecule has 0 bridgehead atoms. The van der Waals surface area contributed by atoms with E-state index in [9.17, 15) is 4.79 Å². The molecule has 4 aromatic rings. The zero-order valence-corrected chi connectivity index (χ0v) is 18.5. The Morgan fingerprint density at radius 2 is 1.85 bits per heavy atom. The topological polar surface area (TPSA) is 104 Å². The number of hydrogen-bond donors (Lipinski definition) is 2. The van der Waals surface area contributed by atoms with Crippen LogP contribution >= 0.6 is 0 Å². The number of nitrogens with one attached hydrogen (secondary N) is 1. The molecule has 1 aromatic heterocycles. The molecule has 5 rings (SSSR count). The minimum atomic E-state index is -0.615. The van der Waals surface area contributed by atoms with Gasteiger partial charge in [0.1, 0.15) is 17.5 Å². The van der Waals surface area contributed by atoms with Crippen LogP contribution in [0.3, 0.4) is 0 Å². The summed E-state index contributed by atoms with van der Waals surface area (Å²) in [5.74, 6) is 1.71. The number of benzene rings is 3. The summed E-state index contributed by atoms with van der Waals surface area (Å²) >= 11 is 0. The van der Waals surface area contributed by atoms with E-state index >= 15 is 0 Å². The second-order valence-corrected chi connectivity index (χ2v) is 7.77. The van der Waals surface area contributed by atoms with Gasteiger partial charge in [0.2, 0.25) is 11.9 Å². The van der Waals surface area contributed by atoms with Crippen LogP contribution in [0.1, 0.15) is 18.5 Å². The van der Waals surface area contributed by atoms with Crippen molar-refractivity contribution in [2.45, 2.75) is 13.0 Å². The number of fused-ring (bicyclic) bond motifs is 2. The van der Waals surface area contributed by atoms with Gasteiger partial charge in [0, 0.05) is 22.9 Å². The van der Waals surface area contributed by atoms with Gasteiger partial charge >= 0.3 is 0 Å². The Hall–Kier alpha value is -4.33. The van der Waals surface area contributed by atoms with E-state index in [2.05, 4.69) is 17.4 Å². The first-order valence-electron chi connectivity index (χ1n) is 10.5. The van der Waals surface area contributed by atoms with Gasteiger partial charge < -0.3 is 20.5 Å². The molecule has 0 aliphatic carbocycles. The molecule has 1 unspecified atom stereocenters. The van der Waals surface area contributed by atoms with Gasteiger partial charge in [0.25, 0.3) is 0 Å². The standard InChI is InChI=1S/C25H23N5O3/c1-14-21(23(26)31)22(19-12-11-16(32-2)13-20(19)33-3)30-25(27-14)28-24(29-30)18-10-6-8-15-7-4-5-9-17(15)18/h4-13,22H,1-3H3,(H2,26,31)(H,27,28,29). The lowest BCUT2D eigenvalue weighted by molar-refractivity contribution is -0.115. The minimum absolute atomic E-state index is 0.389. The summed E-state index contributed by atoms with van der Waals surface area (Å²) in [6.45, 7) is 1.80. The molecule has 1 aliphatic rings. The second kappa shape index (κ2) is 7.98. The second-order valence-electron chi connectivity index (χ2n) is 7.77. The van der Waals surface area contributed by atoms with Crippen LogP contribution in [-0.4, -0.2) is 34.9 Å². The Labute approximate surface area is 190 Å². The zero-order chi connectivity index (χ0) is 23.1. The Morgan fingerprint density at radius 3 is 2.61 bits per heavy atom. The molecule has 1 amide bonds. The fourth-order valence-electron chi connectivity index (χ4n) is 4.34. The molecule has 8 nitrogen and oxygen atoms in total. The van der Waals surface area contributed by atoms with Crippen molar-refractivity contribution < 1.29 is 14.3 Å². The zero-order valence-electron chi connectivity index (χ0n) is 18.5. The van der Waals surface area contributed by atoms with E-state index in [0.717, 1.165) is 21.9 Å². The van der Waals surface area contributed by atoms with E-state index in [1.54, 1.807) is 31.9 Å². The number of anilines is 1. The molecule has 0 radical (unpaired) electrons. The number of carbonyl (C=O) groups excluding carboxylic acids is 1. The monoisotopic (exact) mass is 441 g/mol. The summed E-state index contributed by atoms with van der Waals surface area (Å²) < 4.78 is 12.7. The number of aromatic nitrogens is 3. The number of methoxy groups -OCH3 is 2. The highest BCUT2D eigenvalue weighted by atomic mass is 16.5. The molecule has 0 fully saturated rings. The molecule has 8 heteroatoms. The average molecular weight is 441 g/mol. The molecule has 0 saturated heterocycles. The Kier molecular flexibility index (Phi) is 4.97. The van der Waals surface area contributed by atoms with Gasteiger partial charge in [0.05, 0.1) is 19.8 Å². The lowest BCUT2D eigenvalue weighted by Crippen LogP contribution is -2.32. The molecule has 0 spiro atoms. The maximum absolute atomic E-state index is 12.5. The van der Waals surface area contributed by atoms with E-state index in [4.69, 9.17) is 25.3 Å². The summed E-state index contributed by atoms with van der Waals surface area (Å²) in [4.78, 5) is 17.3. The van der Waals surface area contributed by atoms with E-state index in [-0.39, 0.29) is 0 Å². The van der Waals surface area contributed by atoms with Crippen LogP contribution in [0.5, 0.6) is 11.5 Å². The number of nitrogens with two attached hydrogens (primary N) is 1. The molecule has 3 N–H and O–H groups in total. The van der Waals surface area contributed by atoms with Crippen molar-refractivity contribution in [2.24, 2.45) is 5.73 Å². The number of rotatable bonds is 5. The summed E-state index contributed by atoms with van der Waals surface area (Å²) in [5.41, 5.74) is 8.45. The number of primary amides is 1. The van der Waals surface area contributed by atoms with Crippen LogP contribution in [0.2, 0.25) is 0 Å². The predicted molar refractivity (Wildman–Crippen MR) is 126 cm³/mol. The fraction of sp³-hybridized carbons (Fsp3) is 0.160. The summed E-state index contributed by atoms with van der Waals surface area (Å²) in [6, 6.07) is 18.9. The first-order valence-corrected chi connectivity index (χ1v) is 10.5. The van der Waals surface area contributed by atoms with Gasteiger partial charge in [-0.3, -0.25) is 4.79 Å². The maximum atomic E-state index is 12.5. The van der Waals surface area contributed by atoms with Crippen LogP contribution < -0.4 is 20.5 Å². The minimum Gasteiger partial charge on any atom is -0.497 e. The van der Waals surface area contributed by atoms with Crippen LogP contribution in [0.4, 0.5) is 5.95 Å². The average Bonchev–Trinajstić information content (AvgIpc) is 3.25. The van der Waals surface area contributed by atoms with E-state index < -0.39 is 11.9 Å². The SMILES string of the molecule is COc1ccc(C2C(C(N)=O)=C(C)Nc3nc(-c4cccc5ccccc45)nn32)c(OC)c1. The van der Waals surface area contributed by atoms with Crippen molar-refractivity contribution in [3.8, 4) is 22.9 Å². The maximum Gasteiger partial charge on any atom is 0.248 e. The van der Waals surface area contributed by atoms with Crippen LogP contribution in [0, 0.1) is 0 Å². The molecule has 3 aromatic carbocycles. The highest BCUT2D eigenvalue weighted by Gasteiger charge is 2.35. The summed E-state index contributed by atoms with van der Waals surface area (Å²) in [6.07, 6.45) is 0. The molecule has 2 heterocycles. The summed E-state index contributed by atoms with van der Waals surface area (Å²) in [7, 11) is 3.16. The third kappa shape index (κ3) is 3.36. The van der Waals surface area contributed by atoms with Gasteiger partial charge in [-0.1, -0.05) is 42.5 Å². The normalized spacial score (nSPS) is 15.2. The highest BCUT2D eigenvalue weighted by Crippen LogP contribution is 2.41. The van der Waals surface area contributed by atoms with Crippen LogP contribution in [-0.2, 0) is 4.79 Å². The predicted octanol–water partition coefficient (Wildman–Crippen LogP) is 3.89. The van der Waals surface area contributed by atoms with Crippen molar-refractivity contribution in [1.82, 2.24) is 14.8 Å². The largest absolute Gasteiger partial charge is 0.497 e.